The Balaban J connectivity index is 2.12. The van der Waals surface area contributed by atoms with Crippen molar-refractivity contribution in [2.75, 3.05) is 6.54 Å². The molecule has 3 nitrogen and oxygen atoms in total. The molecule has 1 atom stereocenters. The van der Waals surface area contributed by atoms with Crippen LogP contribution in [-0.4, -0.2) is 17.5 Å². The molecular formula is C18H22ClNO2. The third-order valence-electron chi connectivity index (χ3n) is 4.78. The van der Waals surface area contributed by atoms with Gasteiger partial charge in [0.05, 0.1) is 0 Å². The van der Waals surface area contributed by atoms with E-state index in [1.54, 1.807) is 6.07 Å². The van der Waals surface area contributed by atoms with Gasteiger partial charge in [0, 0.05) is 29.1 Å². The molecule has 0 radical (unpaired) electrons. The predicted octanol–water partition coefficient (Wildman–Crippen LogP) is 4.44. The molecule has 0 saturated carbocycles. The zero-order chi connectivity index (χ0) is 15.9. The van der Waals surface area contributed by atoms with Crippen LogP contribution in [0.25, 0.3) is 11.0 Å². The lowest BCUT2D eigenvalue weighted by atomic mass is 9.99. The molecule has 1 aliphatic heterocycles. The smallest absolute Gasteiger partial charge is 0.336 e. The van der Waals surface area contributed by atoms with Crippen molar-refractivity contribution in [2.45, 2.75) is 52.6 Å². The van der Waals surface area contributed by atoms with Crippen LogP contribution >= 0.6 is 11.6 Å². The molecule has 1 fully saturated rings. The molecule has 2 heterocycles. The molecule has 0 aliphatic carbocycles. The molecular weight excluding hydrogens is 298 g/mol. The van der Waals surface area contributed by atoms with Crippen LogP contribution in [0.4, 0.5) is 0 Å². The highest BCUT2D eigenvalue weighted by atomic mass is 35.5. The van der Waals surface area contributed by atoms with E-state index in [-0.39, 0.29) is 5.63 Å². The first-order valence-corrected chi connectivity index (χ1v) is 8.31. The van der Waals surface area contributed by atoms with Gasteiger partial charge in [-0.25, -0.2) is 4.79 Å². The Bertz CT molecular complexity index is 766. The summed E-state index contributed by atoms with van der Waals surface area (Å²) < 4.78 is 5.40. The fourth-order valence-corrected chi connectivity index (χ4v) is 3.64. The molecule has 4 heteroatoms. The third kappa shape index (κ3) is 2.80. The molecule has 1 aromatic carbocycles. The summed E-state index contributed by atoms with van der Waals surface area (Å²) in [7, 11) is 0. The van der Waals surface area contributed by atoms with Gasteiger partial charge in [-0.05, 0) is 62.9 Å². The lowest BCUT2D eigenvalue weighted by Gasteiger charge is -2.33. The maximum atomic E-state index is 11.9. The topological polar surface area (TPSA) is 33.5 Å². The first-order valence-electron chi connectivity index (χ1n) is 7.94. The first-order chi connectivity index (χ1) is 10.5. The third-order valence-corrected chi connectivity index (χ3v) is 5.36. The molecule has 3 rings (SSSR count). The van der Waals surface area contributed by atoms with Crippen molar-refractivity contribution in [3.05, 3.63) is 44.3 Å². The van der Waals surface area contributed by atoms with E-state index in [0.29, 0.717) is 11.6 Å². The second-order valence-corrected chi connectivity index (χ2v) is 6.79. The second-order valence-electron chi connectivity index (χ2n) is 6.41. The molecule has 0 bridgehead atoms. The van der Waals surface area contributed by atoms with Crippen molar-refractivity contribution in [3.63, 3.8) is 0 Å². The van der Waals surface area contributed by atoms with Crippen molar-refractivity contribution < 1.29 is 4.42 Å². The number of likely N-dealkylation sites (tertiary alicyclic amines) is 1. The van der Waals surface area contributed by atoms with Gasteiger partial charge < -0.3 is 4.42 Å². The van der Waals surface area contributed by atoms with Crippen LogP contribution in [0.15, 0.2) is 21.3 Å². The Labute approximate surface area is 135 Å². The monoisotopic (exact) mass is 319 g/mol. The molecule has 1 saturated heterocycles. The fraction of sp³-hybridized carbons (Fsp3) is 0.500. The van der Waals surface area contributed by atoms with Gasteiger partial charge in [-0.3, -0.25) is 4.90 Å². The van der Waals surface area contributed by atoms with E-state index >= 15 is 0 Å². The number of halogens is 1. The summed E-state index contributed by atoms with van der Waals surface area (Å²) in [6.07, 6.45) is 3.74. The van der Waals surface area contributed by atoms with Gasteiger partial charge >= 0.3 is 5.63 Å². The van der Waals surface area contributed by atoms with Gasteiger partial charge in [0.15, 0.2) is 0 Å². The van der Waals surface area contributed by atoms with E-state index in [9.17, 15) is 4.79 Å². The predicted molar refractivity (Wildman–Crippen MR) is 90.7 cm³/mol. The first kappa shape index (κ1) is 15.6. The molecule has 0 N–H and O–H groups in total. The maximum absolute atomic E-state index is 11.9. The number of rotatable bonds is 2. The van der Waals surface area contributed by atoms with Gasteiger partial charge in [-0.15, -0.1) is 0 Å². The van der Waals surface area contributed by atoms with Crippen LogP contribution in [0.1, 0.15) is 42.9 Å². The summed E-state index contributed by atoms with van der Waals surface area (Å²) >= 11 is 6.41. The lowest BCUT2D eigenvalue weighted by molar-refractivity contribution is 0.153. The van der Waals surface area contributed by atoms with E-state index in [1.807, 2.05) is 19.9 Å². The molecule has 0 amide bonds. The summed E-state index contributed by atoms with van der Waals surface area (Å²) in [4.78, 5) is 14.4. The number of hydrogen-bond donors (Lipinski definition) is 0. The van der Waals surface area contributed by atoms with Gasteiger partial charge in [-0.2, -0.15) is 0 Å². The Morgan fingerprint density at radius 2 is 2.09 bits per heavy atom. The zero-order valence-electron chi connectivity index (χ0n) is 13.4. The zero-order valence-corrected chi connectivity index (χ0v) is 14.2. The van der Waals surface area contributed by atoms with Gasteiger partial charge in [0.1, 0.15) is 5.58 Å². The van der Waals surface area contributed by atoms with Crippen LogP contribution in [0.5, 0.6) is 0 Å². The Kier molecular flexibility index (Phi) is 4.28. The number of piperidine rings is 1. The Morgan fingerprint density at radius 1 is 1.32 bits per heavy atom. The highest BCUT2D eigenvalue weighted by Crippen LogP contribution is 2.31. The van der Waals surface area contributed by atoms with E-state index in [0.717, 1.165) is 40.2 Å². The van der Waals surface area contributed by atoms with Crippen LogP contribution in [0.2, 0.25) is 5.02 Å². The van der Waals surface area contributed by atoms with E-state index in [1.165, 1.54) is 19.3 Å². The van der Waals surface area contributed by atoms with E-state index < -0.39 is 0 Å². The number of nitrogens with zero attached hydrogens (tertiary/aromatic N) is 1. The minimum absolute atomic E-state index is 0.284. The van der Waals surface area contributed by atoms with E-state index in [4.69, 9.17) is 16.0 Å². The molecule has 0 spiro atoms. The van der Waals surface area contributed by atoms with Gasteiger partial charge in [-0.1, -0.05) is 18.0 Å². The van der Waals surface area contributed by atoms with Crippen molar-refractivity contribution in [1.82, 2.24) is 4.90 Å². The quantitative estimate of drug-likeness (QED) is 0.767. The summed E-state index contributed by atoms with van der Waals surface area (Å²) in [6, 6.07) is 4.05. The minimum atomic E-state index is -0.284. The van der Waals surface area contributed by atoms with Crippen LogP contribution in [0.3, 0.4) is 0 Å². The van der Waals surface area contributed by atoms with Crippen molar-refractivity contribution >= 4 is 22.6 Å². The lowest BCUT2D eigenvalue weighted by Crippen LogP contribution is -2.37. The van der Waals surface area contributed by atoms with Gasteiger partial charge in [0.2, 0.25) is 0 Å². The number of hydrogen-bond acceptors (Lipinski definition) is 3. The highest BCUT2D eigenvalue weighted by Gasteiger charge is 2.21. The Hall–Kier alpha value is -1.32. The highest BCUT2D eigenvalue weighted by molar-refractivity contribution is 6.33. The summed E-state index contributed by atoms with van der Waals surface area (Å²) in [5, 5.41) is 1.75. The summed E-state index contributed by atoms with van der Waals surface area (Å²) in [5.74, 6) is 0. The van der Waals surface area contributed by atoms with Crippen LogP contribution in [-0.2, 0) is 6.54 Å². The summed E-state index contributed by atoms with van der Waals surface area (Å²) in [5.41, 5.74) is 3.33. The minimum Gasteiger partial charge on any atom is -0.423 e. The normalized spacial score (nSPS) is 19.7. The SMILES string of the molecule is Cc1cc2oc(=O)cc(CN3CCCC[C@@H]3C)c2c(C)c1Cl. The van der Waals surface area contributed by atoms with Crippen molar-refractivity contribution in [3.8, 4) is 0 Å². The Morgan fingerprint density at radius 3 is 2.82 bits per heavy atom. The number of benzene rings is 1. The average molecular weight is 320 g/mol. The maximum Gasteiger partial charge on any atom is 0.336 e. The molecule has 1 aliphatic rings. The van der Waals surface area contributed by atoms with Crippen LogP contribution < -0.4 is 5.63 Å². The standard InChI is InChI=1S/C18H22ClNO2/c1-11-8-15-17(13(3)18(11)19)14(9-16(21)22-15)10-20-7-5-4-6-12(20)2/h8-9,12H,4-7,10H2,1-3H3/t12-/m0/s1. The molecule has 118 valence electrons. The average Bonchev–Trinajstić information content (AvgIpc) is 2.46. The molecule has 0 unspecified atom stereocenters. The van der Waals surface area contributed by atoms with Crippen molar-refractivity contribution in [2.24, 2.45) is 0 Å². The van der Waals surface area contributed by atoms with Gasteiger partial charge in [0.25, 0.3) is 0 Å². The fourth-order valence-electron chi connectivity index (χ4n) is 3.49. The summed E-state index contributed by atoms with van der Waals surface area (Å²) in [6.45, 7) is 8.07. The van der Waals surface area contributed by atoms with E-state index in [2.05, 4.69) is 11.8 Å². The molecule has 2 aromatic rings. The van der Waals surface area contributed by atoms with Crippen molar-refractivity contribution in [1.29, 1.82) is 0 Å². The molecule has 22 heavy (non-hydrogen) atoms. The largest absolute Gasteiger partial charge is 0.423 e. The number of fused-ring (bicyclic) bond motifs is 1. The number of aryl methyl sites for hydroxylation is 2. The molecule has 1 aromatic heterocycles. The second kappa shape index (κ2) is 6.05. The van der Waals surface area contributed by atoms with Crippen LogP contribution in [0, 0.1) is 13.8 Å².